The van der Waals surface area contributed by atoms with Crippen molar-refractivity contribution in [3.05, 3.63) is 41.5 Å². The maximum atomic E-state index is 9.64. The van der Waals surface area contributed by atoms with Gasteiger partial charge in [0, 0.05) is 11.6 Å². The number of aliphatic hydroxyl groups excluding tert-OH is 1. The highest BCUT2D eigenvalue weighted by molar-refractivity contribution is 8.11. The lowest BCUT2D eigenvalue weighted by Crippen LogP contribution is -1.88. The summed E-state index contributed by atoms with van der Waals surface area (Å²) in [6, 6.07) is 7.73. The minimum absolute atomic E-state index is 0.167. The van der Waals surface area contributed by atoms with Crippen molar-refractivity contribution in [2.45, 2.75) is 13.3 Å². The molecule has 0 aliphatic carbocycles. The van der Waals surface area contributed by atoms with Crippen molar-refractivity contribution in [3.8, 4) is 0 Å². The van der Waals surface area contributed by atoms with Gasteiger partial charge in [0.1, 0.15) is 5.76 Å². The molecular formula is C11H12OS2. The van der Waals surface area contributed by atoms with Crippen molar-refractivity contribution in [1.82, 2.24) is 0 Å². The SMILES string of the molecule is CCc1cccc(C(O)=CC(=S)S)c1. The second-order valence-corrected chi connectivity index (χ2v) is 4.15. The molecule has 0 aromatic heterocycles. The summed E-state index contributed by atoms with van der Waals surface area (Å²) in [6.07, 6.45) is 2.42. The van der Waals surface area contributed by atoms with E-state index in [-0.39, 0.29) is 5.76 Å². The molecule has 1 N–H and O–H groups in total. The Bertz CT molecular complexity index is 369. The molecular weight excluding hydrogens is 212 g/mol. The lowest BCUT2D eigenvalue weighted by Gasteiger charge is -2.02. The van der Waals surface area contributed by atoms with Crippen LogP contribution in [0.3, 0.4) is 0 Å². The van der Waals surface area contributed by atoms with E-state index in [2.05, 4.69) is 19.6 Å². The predicted molar refractivity (Wildman–Crippen MR) is 68.0 cm³/mol. The Hall–Kier alpha value is -0.800. The van der Waals surface area contributed by atoms with Crippen molar-refractivity contribution in [1.29, 1.82) is 0 Å². The van der Waals surface area contributed by atoms with Crippen LogP contribution in [0.15, 0.2) is 30.3 Å². The van der Waals surface area contributed by atoms with E-state index in [1.807, 2.05) is 24.3 Å². The second-order valence-electron chi connectivity index (χ2n) is 2.92. The number of aryl methyl sites for hydroxylation is 1. The van der Waals surface area contributed by atoms with E-state index in [0.717, 1.165) is 12.0 Å². The van der Waals surface area contributed by atoms with Crippen LogP contribution in [-0.2, 0) is 6.42 Å². The summed E-state index contributed by atoms with van der Waals surface area (Å²) in [5, 5.41) is 9.64. The van der Waals surface area contributed by atoms with Crippen molar-refractivity contribution in [3.63, 3.8) is 0 Å². The van der Waals surface area contributed by atoms with E-state index in [9.17, 15) is 5.11 Å². The highest BCUT2D eigenvalue weighted by Gasteiger charge is 1.99. The maximum Gasteiger partial charge on any atom is 0.124 e. The summed E-state index contributed by atoms with van der Waals surface area (Å²) in [5.41, 5.74) is 1.97. The Morgan fingerprint density at radius 2 is 2.29 bits per heavy atom. The van der Waals surface area contributed by atoms with Crippen LogP contribution in [0, 0.1) is 0 Å². The summed E-state index contributed by atoms with van der Waals surface area (Å²) in [5.74, 6) is 0.167. The van der Waals surface area contributed by atoms with Gasteiger partial charge in [-0.2, -0.15) is 0 Å². The van der Waals surface area contributed by atoms with Gasteiger partial charge in [-0.15, -0.1) is 12.6 Å². The fraction of sp³-hybridized carbons (Fsp3) is 0.182. The molecule has 1 aromatic carbocycles. The minimum atomic E-state index is 0.167. The zero-order chi connectivity index (χ0) is 10.6. The van der Waals surface area contributed by atoms with Crippen LogP contribution in [-0.4, -0.2) is 9.30 Å². The van der Waals surface area contributed by atoms with Crippen LogP contribution in [0.5, 0.6) is 0 Å². The number of benzene rings is 1. The number of thiol groups is 1. The van der Waals surface area contributed by atoms with E-state index in [0.29, 0.717) is 4.20 Å². The highest BCUT2D eigenvalue weighted by atomic mass is 32.1. The largest absolute Gasteiger partial charge is 0.507 e. The molecule has 14 heavy (non-hydrogen) atoms. The molecule has 0 bridgehead atoms. The van der Waals surface area contributed by atoms with Crippen molar-refractivity contribution < 1.29 is 5.11 Å². The highest BCUT2D eigenvalue weighted by Crippen LogP contribution is 2.14. The van der Waals surface area contributed by atoms with Crippen molar-refractivity contribution >= 4 is 34.8 Å². The number of rotatable bonds is 3. The molecule has 0 heterocycles. The van der Waals surface area contributed by atoms with Gasteiger partial charge in [0.05, 0.1) is 4.20 Å². The molecule has 0 spiro atoms. The Kier molecular flexibility index (Phi) is 4.17. The van der Waals surface area contributed by atoms with E-state index in [1.54, 1.807) is 0 Å². The summed E-state index contributed by atoms with van der Waals surface area (Å²) >= 11 is 8.69. The van der Waals surface area contributed by atoms with Crippen LogP contribution in [0.25, 0.3) is 5.76 Å². The molecule has 0 fully saturated rings. The van der Waals surface area contributed by atoms with Crippen LogP contribution in [0.1, 0.15) is 18.1 Å². The van der Waals surface area contributed by atoms with Crippen molar-refractivity contribution in [2.24, 2.45) is 0 Å². The van der Waals surface area contributed by atoms with Gasteiger partial charge in [0.25, 0.3) is 0 Å². The molecule has 1 aromatic rings. The Morgan fingerprint density at radius 1 is 1.57 bits per heavy atom. The van der Waals surface area contributed by atoms with Crippen LogP contribution < -0.4 is 0 Å². The topological polar surface area (TPSA) is 20.2 Å². The average molecular weight is 224 g/mol. The standard InChI is InChI=1S/C11H12OS2/c1-2-8-4-3-5-9(6-8)10(12)7-11(13)14/h3-7,12H,2H2,1H3,(H,13,14). The first-order valence-corrected chi connectivity index (χ1v) is 5.22. The zero-order valence-electron chi connectivity index (χ0n) is 7.90. The first-order valence-electron chi connectivity index (χ1n) is 4.36. The van der Waals surface area contributed by atoms with Gasteiger partial charge in [-0.25, -0.2) is 0 Å². The quantitative estimate of drug-likeness (QED) is 0.355. The van der Waals surface area contributed by atoms with Gasteiger partial charge >= 0.3 is 0 Å². The monoisotopic (exact) mass is 224 g/mol. The van der Waals surface area contributed by atoms with Crippen LogP contribution >= 0.6 is 24.8 Å². The Labute approximate surface area is 94.9 Å². The van der Waals surface area contributed by atoms with Gasteiger partial charge < -0.3 is 5.11 Å². The smallest absolute Gasteiger partial charge is 0.124 e. The third kappa shape index (κ3) is 3.16. The van der Waals surface area contributed by atoms with Gasteiger partial charge in [0.2, 0.25) is 0 Å². The van der Waals surface area contributed by atoms with Gasteiger partial charge in [-0.3, -0.25) is 0 Å². The third-order valence-corrected chi connectivity index (χ3v) is 2.14. The molecule has 0 saturated heterocycles. The molecule has 74 valence electrons. The minimum Gasteiger partial charge on any atom is -0.507 e. The van der Waals surface area contributed by atoms with Gasteiger partial charge in [-0.05, 0) is 18.1 Å². The third-order valence-electron chi connectivity index (χ3n) is 1.89. The summed E-state index contributed by atoms with van der Waals surface area (Å²) < 4.78 is 0.379. The molecule has 0 atom stereocenters. The maximum absolute atomic E-state index is 9.64. The van der Waals surface area contributed by atoms with Gasteiger partial charge in [-0.1, -0.05) is 37.3 Å². The Balaban J connectivity index is 3.01. The summed E-state index contributed by atoms with van der Waals surface area (Å²) in [7, 11) is 0. The number of thiocarbonyl (C=S) groups is 1. The lowest BCUT2D eigenvalue weighted by molar-refractivity contribution is 0.512. The Morgan fingerprint density at radius 3 is 2.86 bits per heavy atom. The molecule has 0 unspecified atom stereocenters. The molecule has 0 radical (unpaired) electrons. The first kappa shape index (κ1) is 11.3. The molecule has 0 aliphatic heterocycles. The second kappa shape index (κ2) is 5.17. The molecule has 0 saturated carbocycles. The van der Waals surface area contributed by atoms with E-state index < -0.39 is 0 Å². The molecule has 1 rings (SSSR count). The van der Waals surface area contributed by atoms with Crippen LogP contribution in [0.2, 0.25) is 0 Å². The number of hydrogen-bond acceptors (Lipinski definition) is 2. The van der Waals surface area contributed by atoms with E-state index in [1.165, 1.54) is 11.6 Å². The fourth-order valence-corrected chi connectivity index (χ4v) is 1.38. The van der Waals surface area contributed by atoms with E-state index in [4.69, 9.17) is 12.2 Å². The average Bonchev–Trinajstić information content (AvgIpc) is 2.17. The molecule has 0 amide bonds. The number of hydrogen-bond donors (Lipinski definition) is 2. The zero-order valence-corrected chi connectivity index (χ0v) is 9.61. The fourth-order valence-electron chi connectivity index (χ4n) is 1.15. The van der Waals surface area contributed by atoms with Gasteiger partial charge in [0.15, 0.2) is 0 Å². The normalized spacial score (nSPS) is 11.4. The molecule has 1 nitrogen and oxygen atoms in total. The summed E-state index contributed by atoms with van der Waals surface area (Å²) in [4.78, 5) is 0. The number of aliphatic hydroxyl groups is 1. The first-order chi connectivity index (χ1) is 6.63. The predicted octanol–water partition coefficient (Wildman–Crippen LogP) is 3.41. The lowest BCUT2D eigenvalue weighted by atomic mass is 10.1. The summed E-state index contributed by atoms with van der Waals surface area (Å²) in [6.45, 7) is 2.07. The molecule has 3 heteroatoms. The molecule has 0 aliphatic rings. The van der Waals surface area contributed by atoms with E-state index >= 15 is 0 Å². The van der Waals surface area contributed by atoms with Crippen LogP contribution in [0.4, 0.5) is 0 Å². The van der Waals surface area contributed by atoms with Crippen molar-refractivity contribution in [2.75, 3.05) is 0 Å².